The summed E-state index contributed by atoms with van der Waals surface area (Å²) in [7, 11) is 0.707. The SMILES string of the molecule is CCc1nn(C)c(NC(C)CS(C)=O)c1[N+](=O)[O-]. The van der Waals surface area contributed by atoms with Gasteiger partial charge >= 0.3 is 5.69 Å². The molecule has 8 heteroatoms. The van der Waals surface area contributed by atoms with Crippen molar-refractivity contribution >= 4 is 22.3 Å². The van der Waals surface area contributed by atoms with Crippen LogP contribution < -0.4 is 5.32 Å². The molecule has 0 radical (unpaired) electrons. The molecule has 0 aliphatic rings. The molecule has 2 unspecified atom stereocenters. The number of nitro groups is 1. The van der Waals surface area contributed by atoms with E-state index in [1.807, 2.05) is 13.8 Å². The van der Waals surface area contributed by atoms with Crippen LogP contribution in [0.1, 0.15) is 19.5 Å². The van der Waals surface area contributed by atoms with Crippen molar-refractivity contribution in [1.29, 1.82) is 0 Å². The van der Waals surface area contributed by atoms with Gasteiger partial charge in [-0.25, -0.2) is 4.68 Å². The Morgan fingerprint density at radius 2 is 2.22 bits per heavy atom. The smallest absolute Gasteiger partial charge is 0.333 e. The molecule has 1 aromatic rings. The third kappa shape index (κ3) is 3.28. The van der Waals surface area contributed by atoms with Gasteiger partial charge in [0.2, 0.25) is 5.82 Å². The van der Waals surface area contributed by atoms with Crippen LogP contribution in [0, 0.1) is 10.1 Å². The summed E-state index contributed by atoms with van der Waals surface area (Å²) in [4.78, 5) is 10.6. The van der Waals surface area contributed by atoms with Gasteiger partial charge in [-0.15, -0.1) is 0 Å². The van der Waals surface area contributed by atoms with Gasteiger partial charge in [-0.3, -0.25) is 14.3 Å². The van der Waals surface area contributed by atoms with E-state index < -0.39 is 15.7 Å². The monoisotopic (exact) mass is 274 g/mol. The first-order valence-corrected chi connectivity index (χ1v) is 7.36. The van der Waals surface area contributed by atoms with Crippen LogP contribution in [0.4, 0.5) is 11.5 Å². The van der Waals surface area contributed by atoms with Crippen LogP contribution in [-0.2, 0) is 24.3 Å². The van der Waals surface area contributed by atoms with Crippen molar-refractivity contribution in [2.45, 2.75) is 26.3 Å². The molecule has 0 fully saturated rings. The molecule has 0 aliphatic heterocycles. The molecule has 0 spiro atoms. The number of aromatic nitrogens is 2. The van der Waals surface area contributed by atoms with E-state index >= 15 is 0 Å². The third-order valence-electron chi connectivity index (χ3n) is 2.48. The minimum absolute atomic E-state index is 0.00809. The average Bonchev–Trinajstić information content (AvgIpc) is 2.54. The Labute approximate surface area is 108 Å². The highest BCUT2D eigenvalue weighted by Crippen LogP contribution is 2.28. The van der Waals surface area contributed by atoms with Gasteiger partial charge in [-0.05, 0) is 13.3 Å². The van der Waals surface area contributed by atoms with Crippen LogP contribution in [0.25, 0.3) is 0 Å². The fraction of sp³-hybridized carbons (Fsp3) is 0.700. The lowest BCUT2D eigenvalue weighted by Gasteiger charge is -2.13. The maximum absolute atomic E-state index is 11.1. The third-order valence-corrected chi connectivity index (χ3v) is 3.45. The van der Waals surface area contributed by atoms with Gasteiger partial charge in [0.25, 0.3) is 0 Å². The quantitative estimate of drug-likeness (QED) is 0.619. The topological polar surface area (TPSA) is 90.1 Å². The number of rotatable bonds is 6. The zero-order chi connectivity index (χ0) is 13.9. The number of anilines is 1. The molecule has 7 nitrogen and oxygen atoms in total. The van der Waals surface area contributed by atoms with Gasteiger partial charge in [0.05, 0.1) is 4.92 Å². The van der Waals surface area contributed by atoms with E-state index in [9.17, 15) is 14.3 Å². The van der Waals surface area contributed by atoms with Crippen molar-refractivity contribution in [3.8, 4) is 0 Å². The second-order valence-electron chi connectivity index (χ2n) is 4.16. The van der Waals surface area contributed by atoms with Crippen molar-refractivity contribution in [3.63, 3.8) is 0 Å². The fourth-order valence-corrected chi connectivity index (χ4v) is 2.57. The summed E-state index contributed by atoms with van der Waals surface area (Å²) in [5.74, 6) is 0.805. The first-order chi connectivity index (χ1) is 8.36. The Morgan fingerprint density at radius 1 is 1.61 bits per heavy atom. The molecule has 0 saturated carbocycles. The van der Waals surface area contributed by atoms with Gasteiger partial charge in [-0.2, -0.15) is 5.10 Å². The number of hydrogen-bond acceptors (Lipinski definition) is 5. The van der Waals surface area contributed by atoms with E-state index in [1.165, 1.54) is 4.68 Å². The number of aryl methyl sites for hydroxylation is 2. The van der Waals surface area contributed by atoms with Crippen LogP contribution in [0.2, 0.25) is 0 Å². The van der Waals surface area contributed by atoms with Gasteiger partial charge in [0.15, 0.2) is 0 Å². The molecule has 102 valence electrons. The summed E-state index contributed by atoms with van der Waals surface area (Å²) in [5.41, 5.74) is 0.462. The predicted molar refractivity (Wildman–Crippen MR) is 71.3 cm³/mol. The second kappa shape index (κ2) is 5.94. The van der Waals surface area contributed by atoms with E-state index in [0.717, 1.165) is 0 Å². The van der Waals surface area contributed by atoms with E-state index in [0.29, 0.717) is 23.7 Å². The highest BCUT2D eigenvalue weighted by atomic mass is 32.2. The van der Waals surface area contributed by atoms with Gasteiger partial charge in [0.1, 0.15) is 5.69 Å². The van der Waals surface area contributed by atoms with Crippen molar-refractivity contribution in [1.82, 2.24) is 9.78 Å². The summed E-state index contributed by atoms with van der Waals surface area (Å²) in [5, 5.41) is 18.2. The lowest BCUT2D eigenvalue weighted by molar-refractivity contribution is -0.384. The van der Waals surface area contributed by atoms with Crippen molar-refractivity contribution < 1.29 is 9.13 Å². The van der Waals surface area contributed by atoms with Gasteiger partial charge in [0, 0.05) is 35.9 Å². The second-order valence-corrected chi connectivity index (χ2v) is 5.64. The normalized spacial score (nSPS) is 14.2. The van der Waals surface area contributed by atoms with Crippen molar-refractivity contribution in [3.05, 3.63) is 15.8 Å². The molecule has 1 heterocycles. The Hall–Kier alpha value is -1.44. The zero-order valence-corrected chi connectivity index (χ0v) is 11.8. The standard InChI is InChI=1S/C10H18N4O3S/c1-5-8-9(14(15)16)10(13(3)12-8)11-7(2)6-18(4)17/h7,11H,5-6H2,1-4H3. The maximum atomic E-state index is 11.1. The summed E-state index contributed by atoms with van der Waals surface area (Å²) in [6, 6.07) is -0.116. The summed E-state index contributed by atoms with van der Waals surface area (Å²) in [6.07, 6.45) is 2.10. The Balaban J connectivity index is 3.04. The summed E-state index contributed by atoms with van der Waals surface area (Å²) < 4.78 is 12.6. The van der Waals surface area contributed by atoms with Crippen molar-refractivity contribution in [2.24, 2.45) is 7.05 Å². The Bertz CT molecular complexity index is 472. The zero-order valence-electron chi connectivity index (χ0n) is 11.0. The van der Waals surface area contributed by atoms with E-state index in [2.05, 4.69) is 10.4 Å². The molecule has 18 heavy (non-hydrogen) atoms. The maximum Gasteiger partial charge on any atom is 0.333 e. The molecule has 1 rings (SSSR count). The minimum Gasteiger partial charge on any atom is -0.361 e. The molecule has 2 atom stereocenters. The van der Waals surface area contributed by atoms with E-state index in [1.54, 1.807) is 13.3 Å². The molecule has 0 amide bonds. The molecule has 1 aromatic heterocycles. The highest BCUT2D eigenvalue weighted by Gasteiger charge is 2.26. The highest BCUT2D eigenvalue weighted by molar-refractivity contribution is 7.84. The molecular formula is C10H18N4O3S. The predicted octanol–water partition coefficient (Wildman–Crippen LogP) is 1.07. The van der Waals surface area contributed by atoms with Gasteiger partial charge in [-0.1, -0.05) is 6.92 Å². The average molecular weight is 274 g/mol. The summed E-state index contributed by atoms with van der Waals surface area (Å²) >= 11 is 0. The van der Waals surface area contributed by atoms with Gasteiger partial charge < -0.3 is 5.32 Å². The number of nitrogens with zero attached hydrogens (tertiary/aromatic N) is 3. The Kier molecular flexibility index (Phi) is 4.83. The number of hydrogen-bond donors (Lipinski definition) is 1. The molecule has 0 aliphatic carbocycles. The summed E-state index contributed by atoms with van der Waals surface area (Å²) in [6.45, 7) is 3.66. The number of nitrogens with one attached hydrogen (secondary N) is 1. The fourth-order valence-electron chi connectivity index (χ4n) is 1.79. The lowest BCUT2D eigenvalue weighted by Crippen LogP contribution is -2.24. The van der Waals surface area contributed by atoms with Crippen molar-refractivity contribution in [2.75, 3.05) is 17.3 Å². The van der Waals surface area contributed by atoms with Crippen LogP contribution in [0.5, 0.6) is 0 Å². The molecule has 1 N–H and O–H groups in total. The van der Waals surface area contributed by atoms with E-state index in [-0.39, 0.29) is 11.7 Å². The first-order valence-electron chi connectivity index (χ1n) is 5.63. The largest absolute Gasteiger partial charge is 0.361 e. The van der Waals surface area contributed by atoms with Crippen LogP contribution in [0.15, 0.2) is 0 Å². The van der Waals surface area contributed by atoms with E-state index in [4.69, 9.17) is 0 Å². The van der Waals surface area contributed by atoms with Crippen LogP contribution in [-0.4, -0.2) is 37.0 Å². The lowest BCUT2D eigenvalue weighted by atomic mass is 10.3. The Morgan fingerprint density at radius 3 is 2.67 bits per heavy atom. The minimum atomic E-state index is -0.950. The van der Waals surface area contributed by atoms with Crippen LogP contribution in [0.3, 0.4) is 0 Å². The molecule has 0 bridgehead atoms. The first kappa shape index (κ1) is 14.6. The molecule has 0 saturated heterocycles. The molecular weight excluding hydrogens is 256 g/mol. The molecule has 0 aromatic carbocycles. The van der Waals surface area contributed by atoms with Crippen LogP contribution >= 0.6 is 0 Å².